The lowest BCUT2D eigenvalue weighted by Crippen LogP contribution is -2.12. The minimum absolute atomic E-state index is 0.369. The number of nitrogens with zero attached hydrogens (tertiary/aromatic N) is 1. The fourth-order valence-corrected chi connectivity index (χ4v) is 2.08. The Kier molecular flexibility index (Phi) is 3.22. The smallest absolute Gasteiger partial charge is 0.144 e. The van der Waals surface area contributed by atoms with E-state index in [-0.39, 0.29) is 0 Å². The molecule has 3 nitrogen and oxygen atoms in total. The number of aromatic nitrogens is 1. The highest BCUT2D eigenvalue weighted by Gasteiger charge is 2.11. The molecule has 0 bridgehead atoms. The quantitative estimate of drug-likeness (QED) is 0.632. The third-order valence-electron chi connectivity index (χ3n) is 2.96. The van der Waals surface area contributed by atoms with Gasteiger partial charge in [-0.2, -0.15) is 0 Å². The zero-order valence-electron chi connectivity index (χ0n) is 10.2. The second kappa shape index (κ2) is 4.51. The van der Waals surface area contributed by atoms with E-state index in [0.717, 1.165) is 32.9 Å². The van der Waals surface area contributed by atoms with E-state index in [1.165, 1.54) is 0 Å². The Balaban J connectivity index is 2.78. The number of nitrogens with one attached hydrogen (secondary N) is 1. The third kappa shape index (κ3) is 2.08. The van der Waals surface area contributed by atoms with Gasteiger partial charge in [0.05, 0.1) is 5.52 Å². The molecule has 1 aromatic carbocycles. The van der Waals surface area contributed by atoms with Gasteiger partial charge >= 0.3 is 0 Å². The Morgan fingerprint density at radius 1 is 1.35 bits per heavy atom. The number of hydrogen-bond acceptors (Lipinski definition) is 3. The van der Waals surface area contributed by atoms with E-state index in [2.05, 4.69) is 30.3 Å². The van der Waals surface area contributed by atoms with Crippen molar-refractivity contribution in [2.75, 3.05) is 5.43 Å². The number of nitrogens with two attached hydrogens (primary N) is 1. The molecule has 0 aliphatic rings. The van der Waals surface area contributed by atoms with Crippen LogP contribution in [0.2, 0.25) is 5.02 Å². The van der Waals surface area contributed by atoms with Gasteiger partial charge in [0.1, 0.15) is 5.82 Å². The fourth-order valence-electron chi connectivity index (χ4n) is 1.93. The molecule has 4 heteroatoms. The largest absolute Gasteiger partial charge is 0.308 e. The molecule has 90 valence electrons. The third-order valence-corrected chi connectivity index (χ3v) is 3.37. The lowest BCUT2D eigenvalue weighted by Gasteiger charge is -2.14. The van der Waals surface area contributed by atoms with Crippen LogP contribution < -0.4 is 11.3 Å². The number of hydrogen-bond donors (Lipinski definition) is 2. The van der Waals surface area contributed by atoms with Crippen LogP contribution >= 0.6 is 11.6 Å². The van der Waals surface area contributed by atoms with Gasteiger partial charge in [0.25, 0.3) is 0 Å². The Hall–Kier alpha value is -1.32. The number of halogens is 1. The number of pyridine rings is 1. The summed E-state index contributed by atoms with van der Waals surface area (Å²) in [7, 11) is 0. The van der Waals surface area contributed by atoms with Crippen LogP contribution in [-0.2, 0) is 0 Å². The maximum Gasteiger partial charge on any atom is 0.144 e. The van der Waals surface area contributed by atoms with Crippen LogP contribution in [0.4, 0.5) is 5.82 Å². The maximum atomic E-state index is 6.09. The van der Waals surface area contributed by atoms with Crippen molar-refractivity contribution in [1.82, 2.24) is 4.98 Å². The summed E-state index contributed by atoms with van der Waals surface area (Å²) in [6, 6.07) is 6.01. The SMILES string of the molecule is Cc1c(Cl)ccc2cc(C(C)C)c(NN)nc12. The molecule has 0 radical (unpaired) electrons. The number of anilines is 1. The van der Waals surface area contributed by atoms with Crippen molar-refractivity contribution in [2.45, 2.75) is 26.7 Å². The van der Waals surface area contributed by atoms with E-state index in [4.69, 9.17) is 17.4 Å². The summed E-state index contributed by atoms with van der Waals surface area (Å²) in [4.78, 5) is 4.55. The summed E-state index contributed by atoms with van der Waals surface area (Å²) in [6.07, 6.45) is 0. The molecule has 1 heterocycles. The molecule has 0 fully saturated rings. The van der Waals surface area contributed by atoms with E-state index in [0.29, 0.717) is 5.92 Å². The number of rotatable bonds is 2. The highest BCUT2D eigenvalue weighted by Crippen LogP contribution is 2.30. The molecule has 1 aromatic heterocycles. The van der Waals surface area contributed by atoms with Crippen molar-refractivity contribution >= 4 is 28.3 Å². The number of benzene rings is 1. The Bertz CT molecular complexity index is 564. The molecular formula is C13H16ClN3. The number of aryl methyl sites for hydroxylation is 1. The zero-order valence-corrected chi connectivity index (χ0v) is 11.0. The Labute approximate surface area is 106 Å². The molecular weight excluding hydrogens is 234 g/mol. The van der Waals surface area contributed by atoms with Gasteiger partial charge in [0.15, 0.2) is 0 Å². The van der Waals surface area contributed by atoms with Crippen LogP contribution in [0.1, 0.15) is 30.9 Å². The number of nitrogen functional groups attached to an aromatic ring is 1. The van der Waals surface area contributed by atoms with Gasteiger partial charge in [-0.3, -0.25) is 0 Å². The second-order valence-electron chi connectivity index (χ2n) is 4.47. The van der Waals surface area contributed by atoms with Gasteiger partial charge in [-0.15, -0.1) is 0 Å². The molecule has 0 atom stereocenters. The first-order valence-electron chi connectivity index (χ1n) is 5.61. The van der Waals surface area contributed by atoms with E-state index < -0.39 is 0 Å². The summed E-state index contributed by atoms with van der Waals surface area (Å²) in [5.74, 6) is 6.61. The summed E-state index contributed by atoms with van der Waals surface area (Å²) in [6.45, 7) is 6.20. The summed E-state index contributed by atoms with van der Waals surface area (Å²) < 4.78 is 0. The zero-order chi connectivity index (χ0) is 12.6. The highest BCUT2D eigenvalue weighted by atomic mass is 35.5. The van der Waals surface area contributed by atoms with Crippen LogP contribution in [0.3, 0.4) is 0 Å². The second-order valence-corrected chi connectivity index (χ2v) is 4.88. The highest BCUT2D eigenvalue weighted by molar-refractivity contribution is 6.32. The van der Waals surface area contributed by atoms with Crippen molar-refractivity contribution in [3.8, 4) is 0 Å². The van der Waals surface area contributed by atoms with Gasteiger partial charge < -0.3 is 5.43 Å². The van der Waals surface area contributed by atoms with Gasteiger partial charge in [-0.1, -0.05) is 31.5 Å². The molecule has 0 saturated heterocycles. The molecule has 0 saturated carbocycles. The summed E-state index contributed by atoms with van der Waals surface area (Å²) >= 11 is 6.09. The molecule has 0 unspecified atom stereocenters. The minimum Gasteiger partial charge on any atom is -0.308 e. The van der Waals surface area contributed by atoms with Crippen molar-refractivity contribution in [2.24, 2.45) is 5.84 Å². The van der Waals surface area contributed by atoms with Crippen LogP contribution in [0.15, 0.2) is 18.2 Å². The molecule has 17 heavy (non-hydrogen) atoms. The lowest BCUT2D eigenvalue weighted by atomic mass is 10.0. The monoisotopic (exact) mass is 249 g/mol. The van der Waals surface area contributed by atoms with Crippen molar-refractivity contribution in [3.63, 3.8) is 0 Å². The van der Waals surface area contributed by atoms with Gasteiger partial charge in [-0.25, -0.2) is 10.8 Å². The Morgan fingerprint density at radius 2 is 2.06 bits per heavy atom. The van der Waals surface area contributed by atoms with Crippen molar-refractivity contribution in [1.29, 1.82) is 0 Å². The van der Waals surface area contributed by atoms with Gasteiger partial charge in [0, 0.05) is 10.4 Å². The van der Waals surface area contributed by atoms with Crippen LogP contribution in [0, 0.1) is 6.92 Å². The van der Waals surface area contributed by atoms with E-state index in [9.17, 15) is 0 Å². The minimum atomic E-state index is 0.369. The van der Waals surface area contributed by atoms with E-state index in [1.54, 1.807) is 0 Å². The average Bonchev–Trinajstić information content (AvgIpc) is 2.32. The van der Waals surface area contributed by atoms with E-state index in [1.807, 2.05) is 19.1 Å². The molecule has 0 aliphatic carbocycles. The standard InChI is InChI=1S/C13H16ClN3/c1-7(2)10-6-9-4-5-11(14)8(3)12(9)16-13(10)17-15/h4-7H,15H2,1-3H3,(H,16,17). The first kappa shape index (κ1) is 12.1. The lowest BCUT2D eigenvalue weighted by molar-refractivity contribution is 0.862. The fraction of sp³-hybridized carbons (Fsp3) is 0.308. The average molecular weight is 250 g/mol. The normalized spacial score (nSPS) is 11.2. The molecule has 0 aliphatic heterocycles. The maximum absolute atomic E-state index is 6.09. The van der Waals surface area contributed by atoms with E-state index >= 15 is 0 Å². The van der Waals surface area contributed by atoms with Crippen molar-refractivity contribution < 1.29 is 0 Å². The molecule has 3 N–H and O–H groups in total. The molecule has 0 spiro atoms. The molecule has 2 rings (SSSR count). The number of fused-ring (bicyclic) bond motifs is 1. The topological polar surface area (TPSA) is 50.9 Å². The van der Waals surface area contributed by atoms with Crippen molar-refractivity contribution in [3.05, 3.63) is 34.3 Å². The van der Waals surface area contributed by atoms with Crippen LogP contribution in [0.25, 0.3) is 10.9 Å². The first-order chi connectivity index (χ1) is 8.04. The van der Waals surface area contributed by atoms with Crippen LogP contribution in [0.5, 0.6) is 0 Å². The summed E-state index contributed by atoms with van der Waals surface area (Å²) in [5, 5.41) is 1.82. The first-order valence-corrected chi connectivity index (χ1v) is 5.98. The predicted molar refractivity (Wildman–Crippen MR) is 73.4 cm³/mol. The van der Waals surface area contributed by atoms with Gasteiger partial charge in [-0.05, 0) is 36.1 Å². The molecule has 2 aromatic rings. The van der Waals surface area contributed by atoms with Crippen LogP contribution in [-0.4, -0.2) is 4.98 Å². The summed E-state index contributed by atoms with van der Waals surface area (Å²) in [5.41, 5.74) is 5.65. The Morgan fingerprint density at radius 3 is 2.65 bits per heavy atom. The predicted octanol–water partition coefficient (Wildman–Crippen LogP) is 3.61. The number of hydrazine groups is 1. The van der Waals surface area contributed by atoms with Gasteiger partial charge in [0.2, 0.25) is 0 Å². The molecule has 0 amide bonds.